The highest BCUT2D eigenvalue weighted by Gasteiger charge is 2.20. The molecule has 4 nitrogen and oxygen atoms in total. The molecule has 0 atom stereocenters. The summed E-state index contributed by atoms with van der Waals surface area (Å²) in [6.07, 6.45) is 0. The van der Waals surface area contributed by atoms with Crippen LogP contribution in [0.15, 0.2) is 36.4 Å². The molecular formula is C14H8F3N3O. The van der Waals surface area contributed by atoms with E-state index in [4.69, 9.17) is 0 Å². The summed E-state index contributed by atoms with van der Waals surface area (Å²) >= 11 is 0. The molecule has 3 aromatic rings. The van der Waals surface area contributed by atoms with Crippen LogP contribution in [0.2, 0.25) is 0 Å². The number of anilines is 1. The van der Waals surface area contributed by atoms with Crippen LogP contribution < -0.4 is 5.32 Å². The van der Waals surface area contributed by atoms with Crippen LogP contribution in [0.5, 0.6) is 0 Å². The van der Waals surface area contributed by atoms with Gasteiger partial charge in [0, 0.05) is 12.1 Å². The maximum absolute atomic E-state index is 13.5. The lowest BCUT2D eigenvalue weighted by molar-refractivity contribution is 0.101. The molecule has 7 heteroatoms. The molecule has 0 saturated heterocycles. The third-order valence-electron chi connectivity index (χ3n) is 2.86. The lowest BCUT2D eigenvalue weighted by Crippen LogP contribution is -2.17. The van der Waals surface area contributed by atoms with Gasteiger partial charge in [0.2, 0.25) is 5.95 Å². The summed E-state index contributed by atoms with van der Waals surface area (Å²) in [5.41, 5.74) is 0.387. The summed E-state index contributed by atoms with van der Waals surface area (Å²) < 4.78 is 39.8. The number of aromatic nitrogens is 2. The van der Waals surface area contributed by atoms with Gasteiger partial charge in [-0.1, -0.05) is 12.1 Å². The fourth-order valence-corrected chi connectivity index (χ4v) is 1.94. The number of amides is 1. The predicted octanol–water partition coefficient (Wildman–Crippen LogP) is 3.23. The van der Waals surface area contributed by atoms with Gasteiger partial charge in [-0.3, -0.25) is 10.1 Å². The summed E-state index contributed by atoms with van der Waals surface area (Å²) in [4.78, 5) is 18.7. The second kappa shape index (κ2) is 4.93. The van der Waals surface area contributed by atoms with Gasteiger partial charge >= 0.3 is 0 Å². The molecule has 0 fully saturated rings. The molecule has 1 heterocycles. The molecule has 0 spiro atoms. The lowest BCUT2D eigenvalue weighted by atomic mass is 10.2. The number of halogens is 3. The van der Waals surface area contributed by atoms with Gasteiger partial charge in [-0.15, -0.1) is 0 Å². The molecule has 3 rings (SSSR count). The molecule has 21 heavy (non-hydrogen) atoms. The molecule has 0 radical (unpaired) electrons. The molecule has 0 bridgehead atoms. The number of imidazole rings is 1. The van der Waals surface area contributed by atoms with E-state index in [0.29, 0.717) is 23.2 Å². The van der Waals surface area contributed by atoms with Gasteiger partial charge in [0.05, 0.1) is 11.0 Å². The Labute approximate surface area is 116 Å². The summed E-state index contributed by atoms with van der Waals surface area (Å²) in [7, 11) is 0. The van der Waals surface area contributed by atoms with Crippen LogP contribution in [0.3, 0.4) is 0 Å². The van der Waals surface area contributed by atoms with Gasteiger partial charge in [-0.2, -0.15) is 0 Å². The van der Waals surface area contributed by atoms with Crippen molar-refractivity contribution in [1.29, 1.82) is 0 Å². The first-order valence-corrected chi connectivity index (χ1v) is 5.95. The van der Waals surface area contributed by atoms with E-state index in [1.807, 2.05) is 0 Å². The highest BCUT2D eigenvalue weighted by Crippen LogP contribution is 2.18. The average molecular weight is 291 g/mol. The number of H-pyrrole nitrogens is 1. The van der Waals surface area contributed by atoms with Crippen LogP contribution in [-0.4, -0.2) is 15.9 Å². The van der Waals surface area contributed by atoms with E-state index in [-0.39, 0.29) is 5.95 Å². The quantitative estimate of drug-likeness (QED) is 0.761. The van der Waals surface area contributed by atoms with Crippen molar-refractivity contribution in [3.8, 4) is 0 Å². The topological polar surface area (TPSA) is 57.8 Å². The fraction of sp³-hybridized carbons (Fsp3) is 0. The molecule has 0 aliphatic rings. The minimum Gasteiger partial charge on any atom is -0.324 e. The van der Waals surface area contributed by atoms with E-state index < -0.39 is 28.9 Å². The summed E-state index contributed by atoms with van der Waals surface area (Å²) in [5, 5.41) is 2.24. The number of nitrogens with zero attached hydrogens (tertiary/aromatic N) is 1. The number of nitrogens with one attached hydrogen (secondary N) is 2. The molecular weight excluding hydrogens is 283 g/mol. The lowest BCUT2D eigenvalue weighted by Gasteiger charge is -2.04. The van der Waals surface area contributed by atoms with E-state index in [9.17, 15) is 18.0 Å². The van der Waals surface area contributed by atoms with Crippen molar-refractivity contribution in [1.82, 2.24) is 9.97 Å². The van der Waals surface area contributed by atoms with Gasteiger partial charge in [-0.25, -0.2) is 18.2 Å². The number of aromatic amines is 1. The van der Waals surface area contributed by atoms with Crippen molar-refractivity contribution in [2.75, 3.05) is 5.32 Å². The number of rotatable bonds is 2. The van der Waals surface area contributed by atoms with Gasteiger partial charge in [-0.05, 0) is 12.1 Å². The first kappa shape index (κ1) is 13.2. The minimum atomic E-state index is -1.28. The summed E-state index contributed by atoms with van der Waals surface area (Å²) in [6, 6.07) is 7.85. The zero-order valence-electron chi connectivity index (χ0n) is 10.5. The Morgan fingerprint density at radius 2 is 1.76 bits per heavy atom. The van der Waals surface area contributed by atoms with Gasteiger partial charge in [0.1, 0.15) is 23.0 Å². The number of benzene rings is 2. The predicted molar refractivity (Wildman–Crippen MR) is 70.4 cm³/mol. The second-order valence-corrected chi connectivity index (χ2v) is 4.30. The van der Waals surface area contributed by atoms with Gasteiger partial charge in [0.25, 0.3) is 5.91 Å². The first-order valence-electron chi connectivity index (χ1n) is 5.95. The Morgan fingerprint density at radius 1 is 1.10 bits per heavy atom. The Morgan fingerprint density at radius 3 is 2.43 bits per heavy atom. The zero-order chi connectivity index (χ0) is 15.0. The molecule has 0 saturated carbocycles. The molecule has 2 N–H and O–H groups in total. The zero-order valence-corrected chi connectivity index (χ0v) is 10.5. The van der Waals surface area contributed by atoms with Crippen LogP contribution in [0, 0.1) is 17.5 Å². The number of fused-ring (bicyclic) bond motifs is 1. The van der Waals surface area contributed by atoms with Gasteiger partial charge < -0.3 is 4.98 Å². The molecule has 0 aliphatic carbocycles. The number of para-hydroxylation sites is 2. The normalized spacial score (nSPS) is 10.8. The van der Waals surface area contributed by atoms with Crippen LogP contribution in [-0.2, 0) is 0 Å². The van der Waals surface area contributed by atoms with E-state index in [0.717, 1.165) is 0 Å². The molecule has 2 aromatic carbocycles. The Bertz CT molecular complexity index is 788. The van der Waals surface area contributed by atoms with Crippen LogP contribution in [0.1, 0.15) is 10.4 Å². The van der Waals surface area contributed by atoms with Crippen molar-refractivity contribution in [2.24, 2.45) is 0 Å². The van der Waals surface area contributed by atoms with E-state index in [2.05, 4.69) is 15.3 Å². The number of hydrogen-bond acceptors (Lipinski definition) is 2. The second-order valence-electron chi connectivity index (χ2n) is 4.30. The maximum atomic E-state index is 13.5. The Kier molecular flexibility index (Phi) is 3.09. The fourth-order valence-electron chi connectivity index (χ4n) is 1.94. The van der Waals surface area contributed by atoms with E-state index >= 15 is 0 Å². The first-order chi connectivity index (χ1) is 10.0. The van der Waals surface area contributed by atoms with E-state index in [1.54, 1.807) is 24.3 Å². The molecule has 1 amide bonds. The minimum absolute atomic E-state index is 0.0457. The van der Waals surface area contributed by atoms with Crippen molar-refractivity contribution >= 4 is 22.9 Å². The number of hydrogen-bond donors (Lipinski definition) is 2. The van der Waals surface area contributed by atoms with E-state index in [1.165, 1.54) is 0 Å². The molecule has 106 valence electrons. The number of carbonyl (C=O) groups excluding carboxylic acids is 1. The third kappa shape index (κ3) is 2.45. The summed E-state index contributed by atoms with van der Waals surface area (Å²) in [6.45, 7) is 0. The van der Waals surface area contributed by atoms with Crippen LogP contribution in [0.25, 0.3) is 11.0 Å². The Hall–Kier alpha value is -2.83. The van der Waals surface area contributed by atoms with Crippen LogP contribution in [0.4, 0.5) is 19.1 Å². The van der Waals surface area contributed by atoms with Gasteiger partial charge in [0.15, 0.2) is 0 Å². The van der Waals surface area contributed by atoms with Crippen molar-refractivity contribution < 1.29 is 18.0 Å². The van der Waals surface area contributed by atoms with Crippen molar-refractivity contribution in [3.05, 3.63) is 59.4 Å². The monoisotopic (exact) mass is 291 g/mol. The highest BCUT2D eigenvalue weighted by molar-refractivity contribution is 6.04. The number of carbonyl (C=O) groups is 1. The summed E-state index contributed by atoms with van der Waals surface area (Å²) in [5.74, 6) is -4.65. The molecule has 0 aliphatic heterocycles. The largest absolute Gasteiger partial charge is 0.324 e. The third-order valence-corrected chi connectivity index (χ3v) is 2.86. The SMILES string of the molecule is O=C(Nc1nc2ccccc2[nH]1)c1c(F)cc(F)cc1F. The standard InChI is InChI=1S/C14H8F3N3O/c15-7-5-8(16)12(9(17)6-7)13(21)20-14-18-10-3-1-2-4-11(10)19-14/h1-6H,(H2,18,19,20,21). The highest BCUT2D eigenvalue weighted by atomic mass is 19.1. The van der Waals surface area contributed by atoms with Crippen molar-refractivity contribution in [2.45, 2.75) is 0 Å². The smallest absolute Gasteiger partial charge is 0.263 e. The maximum Gasteiger partial charge on any atom is 0.263 e. The average Bonchev–Trinajstić information content (AvgIpc) is 2.79. The van der Waals surface area contributed by atoms with Crippen molar-refractivity contribution in [3.63, 3.8) is 0 Å². The Balaban J connectivity index is 1.93. The van der Waals surface area contributed by atoms with Crippen LogP contribution >= 0.6 is 0 Å². The molecule has 1 aromatic heterocycles. The molecule has 0 unspecified atom stereocenters.